The Hall–Kier alpha value is -1.51. The van der Waals surface area contributed by atoms with Crippen molar-refractivity contribution in [1.82, 2.24) is 0 Å². The van der Waals surface area contributed by atoms with Crippen molar-refractivity contribution in [2.45, 2.75) is 51.4 Å². The lowest BCUT2D eigenvalue weighted by Gasteiger charge is -2.05. The molecule has 0 aromatic heterocycles. The summed E-state index contributed by atoms with van der Waals surface area (Å²) in [7, 11) is 1.44. The SMILES string of the molecule is COC(=O)CCCCCCCCCOc1ccccc1. The van der Waals surface area contributed by atoms with Crippen LogP contribution in [-0.4, -0.2) is 19.7 Å². The monoisotopic (exact) mass is 278 g/mol. The number of benzene rings is 1. The van der Waals surface area contributed by atoms with Crippen molar-refractivity contribution in [2.75, 3.05) is 13.7 Å². The number of carbonyl (C=O) groups excluding carboxylic acids is 1. The molecule has 0 atom stereocenters. The fraction of sp³-hybridized carbons (Fsp3) is 0.588. The highest BCUT2D eigenvalue weighted by Crippen LogP contribution is 2.11. The van der Waals surface area contributed by atoms with Crippen LogP contribution in [0.5, 0.6) is 5.75 Å². The Morgan fingerprint density at radius 3 is 2.15 bits per heavy atom. The Balaban J connectivity index is 1.82. The molecule has 0 aliphatic heterocycles. The van der Waals surface area contributed by atoms with E-state index in [1.165, 1.54) is 32.8 Å². The minimum Gasteiger partial charge on any atom is -0.494 e. The van der Waals surface area contributed by atoms with Gasteiger partial charge in [0.15, 0.2) is 0 Å². The molecule has 0 aliphatic rings. The van der Waals surface area contributed by atoms with Gasteiger partial charge in [0, 0.05) is 6.42 Å². The summed E-state index contributed by atoms with van der Waals surface area (Å²) < 4.78 is 10.2. The van der Waals surface area contributed by atoms with Crippen molar-refractivity contribution in [1.29, 1.82) is 0 Å². The van der Waals surface area contributed by atoms with Gasteiger partial charge in [-0.25, -0.2) is 0 Å². The first-order valence-corrected chi connectivity index (χ1v) is 7.57. The Morgan fingerprint density at radius 2 is 1.50 bits per heavy atom. The zero-order valence-electron chi connectivity index (χ0n) is 12.5. The average molecular weight is 278 g/mol. The van der Waals surface area contributed by atoms with E-state index in [0.717, 1.165) is 31.6 Å². The predicted molar refractivity (Wildman–Crippen MR) is 80.9 cm³/mol. The van der Waals surface area contributed by atoms with Gasteiger partial charge in [-0.1, -0.05) is 50.3 Å². The standard InChI is InChI=1S/C17H26O3/c1-19-17(18)14-10-5-3-2-4-6-11-15-20-16-12-8-7-9-13-16/h7-9,12-13H,2-6,10-11,14-15H2,1H3. The van der Waals surface area contributed by atoms with E-state index < -0.39 is 0 Å². The van der Waals surface area contributed by atoms with E-state index in [1.54, 1.807) is 0 Å². The molecule has 0 N–H and O–H groups in total. The molecule has 0 heterocycles. The van der Waals surface area contributed by atoms with E-state index in [-0.39, 0.29) is 5.97 Å². The van der Waals surface area contributed by atoms with E-state index in [2.05, 4.69) is 4.74 Å². The number of rotatable bonds is 11. The molecule has 0 unspecified atom stereocenters. The molecule has 20 heavy (non-hydrogen) atoms. The highest BCUT2D eigenvalue weighted by atomic mass is 16.5. The maximum Gasteiger partial charge on any atom is 0.305 e. The third-order valence-corrected chi connectivity index (χ3v) is 3.26. The lowest BCUT2D eigenvalue weighted by atomic mass is 10.1. The molecule has 3 heteroatoms. The van der Waals surface area contributed by atoms with Gasteiger partial charge in [0.25, 0.3) is 0 Å². The lowest BCUT2D eigenvalue weighted by molar-refractivity contribution is -0.140. The molecule has 0 radical (unpaired) electrons. The summed E-state index contributed by atoms with van der Waals surface area (Å²) in [5.74, 6) is 0.860. The van der Waals surface area contributed by atoms with Crippen molar-refractivity contribution in [2.24, 2.45) is 0 Å². The van der Waals surface area contributed by atoms with Crippen LogP contribution in [0, 0.1) is 0 Å². The van der Waals surface area contributed by atoms with Crippen LogP contribution in [0.25, 0.3) is 0 Å². The first-order chi connectivity index (χ1) is 9.83. The Bertz CT molecular complexity index is 349. The van der Waals surface area contributed by atoms with Crippen LogP contribution in [0.1, 0.15) is 51.4 Å². The summed E-state index contributed by atoms with van der Waals surface area (Å²) in [6.45, 7) is 0.798. The largest absolute Gasteiger partial charge is 0.494 e. The molecule has 112 valence electrons. The molecule has 1 rings (SSSR count). The third kappa shape index (κ3) is 8.57. The maximum atomic E-state index is 10.9. The van der Waals surface area contributed by atoms with Crippen LogP contribution in [0.2, 0.25) is 0 Å². The number of carbonyl (C=O) groups is 1. The number of methoxy groups -OCH3 is 1. The molecule has 0 saturated heterocycles. The van der Waals surface area contributed by atoms with Gasteiger partial charge in [-0.05, 0) is 25.0 Å². The van der Waals surface area contributed by atoms with Crippen molar-refractivity contribution in [3.05, 3.63) is 30.3 Å². The fourth-order valence-electron chi connectivity index (χ4n) is 2.06. The van der Waals surface area contributed by atoms with Crippen LogP contribution < -0.4 is 4.74 Å². The summed E-state index contributed by atoms with van der Waals surface area (Å²) in [4.78, 5) is 10.9. The number of hydrogen-bond donors (Lipinski definition) is 0. The second-order valence-corrected chi connectivity index (χ2v) is 4.96. The van der Waals surface area contributed by atoms with Crippen molar-refractivity contribution in [3.8, 4) is 5.75 Å². The second-order valence-electron chi connectivity index (χ2n) is 4.96. The minimum absolute atomic E-state index is 0.0944. The Labute approximate surface area is 122 Å². The van der Waals surface area contributed by atoms with Gasteiger partial charge in [-0.2, -0.15) is 0 Å². The quantitative estimate of drug-likeness (QED) is 0.445. The van der Waals surface area contributed by atoms with Gasteiger partial charge < -0.3 is 9.47 Å². The number of para-hydroxylation sites is 1. The minimum atomic E-state index is -0.0944. The van der Waals surface area contributed by atoms with Gasteiger partial charge in [0.1, 0.15) is 5.75 Å². The molecule has 0 amide bonds. The molecule has 0 aliphatic carbocycles. The first kappa shape index (κ1) is 16.5. The molecular weight excluding hydrogens is 252 g/mol. The van der Waals surface area contributed by atoms with Crippen LogP contribution in [0.15, 0.2) is 30.3 Å². The highest BCUT2D eigenvalue weighted by molar-refractivity contribution is 5.68. The van der Waals surface area contributed by atoms with E-state index in [1.807, 2.05) is 30.3 Å². The smallest absolute Gasteiger partial charge is 0.305 e. The van der Waals surface area contributed by atoms with Gasteiger partial charge in [0.05, 0.1) is 13.7 Å². The van der Waals surface area contributed by atoms with Gasteiger partial charge in [-0.3, -0.25) is 4.79 Å². The van der Waals surface area contributed by atoms with E-state index in [4.69, 9.17) is 4.74 Å². The van der Waals surface area contributed by atoms with Gasteiger partial charge in [-0.15, -0.1) is 0 Å². The Morgan fingerprint density at radius 1 is 0.900 bits per heavy atom. The van der Waals surface area contributed by atoms with Crippen molar-refractivity contribution >= 4 is 5.97 Å². The predicted octanol–water partition coefficient (Wildman–Crippen LogP) is 4.36. The van der Waals surface area contributed by atoms with Crippen molar-refractivity contribution < 1.29 is 14.3 Å². The molecule has 0 bridgehead atoms. The summed E-state index contributed by atoms with van der Waals surface area (Å²) in [6.07, 6.45) is 8.64. The molecule has 0 saturated carbocycles. The van der Waals surface area contributed by atoms with Gasteiger partial charge >= 0.3 is 5.97 Å². The van der Waals surface area contributed by atoms with Crippen LogP contribution >= 0.6 is 0 Å². The molecule has 0 spiro atoms. The molecular formula is C17H26O3. The molecule has 0 fully saturated rings. The van der Waals surface area contributed by atoms with Gasteiger partial charge in [0.2, 0.25) is 0 Å². The zero-order chi connectivity index (χ0) is 14.5. The zero-order valence-corrected chi connectivity index (χ0v) is 12.5. The number of esters is 1. The van der Waals surface area contributed by atoms with Crippen molar-refractivity contribution in [3.63, 3.8) is 0 Å². The average Bonchev–Trinajstić information content (AvgIpc) is 2.50. The first-order valence-electron chi connectivity index (χ1n) is 7.57. The third-order valence-electron chi connectivity index (χ3n) is 3.26. The Kier molecular flexibility index (Phi) is 9.37. The van der Waals surface area contributed by atoms with E-state index >= 15 is 0 Å². The summed E-state index contributed by atoms with van der Waals surface area (Å²) in [5.41, 5.74) is 0. The number of ether oxygens (including phenoxy) is 2. The van der Waals surface area contributed by atoms with E-state index in [0.29, 0.717) is 6.42 Å². The lowest BCUT2D eigenvalue weighted by Crippen LogP contribution is -1.99. The fourth-order valence-corrected chi connectivity index (χ4v) is 2.06. The van der Waals surface area contributed by atoms with Crippen LogP contribution in [0.3, 0.4) is 0 Å². The highest BCUT2D eigenvalue weighted by Gasteiger charge is 1.99. The summed E-state index contributed by atoms with van der Waals surface area (Å²) in [6, 6.07) is 9.95. The van der Waals surface area contributed by atoms with Crippen LogP contribution in [-0.2, 0) is 9.53 Å². The normalized spacial score (nSPS) is 10.2. The molecule has 1 aromatic rings. The van der Waals surface area contributed by atoms with E-state index in [9.17, 15) is 4.79 Å². The molecule has 3 nitrogen and oxygen atoms in total. The maximum absolute atomic E-state index is 10.9. The topological polar surface area (TPSA) is 35.5 Å². The number of hydrogen-bond acceptors (Lipinski definition) is 3. The summed E-state index contributed by atoms with van der Waals surface area (Å²) in [5, 5.41) is 0. The number of unbranched alkanes of at least 4 members (excludes halogenated alkanes) is 6. The second kappa shape index (κ2) is 11.3. The summed E-state index contributed by atoms with van der Waals surface area (Å²) >= 11 is 0. The van der Waals surface area contributed by atoms with Crippen LogP contribution in [0.4, 0.5) is 0 Å². The molecule has 1 aromatic carbocycles.